The summed E-state index contributed by atoms with van der Waals surface area (Å²) < 4.78 is 0. The molecule has 7 heteroatoms. The lowest BCUT2D eigenvalue weighted by molar-refractivity contribution is 0.787. The van der Waals surface area contributed by atoms with E-state index in [-0.39, 0.29) is 24.0 Å². The fourth-order valence-corrected chi connectivity index (χ4v) is 2.65. The van der Waals surface area contributed by atoms with Crippen LogP contribution in [0.5, 0.6) is 0 Å². The average Bonchev–Trinajstić information content (AvgIpc) is 2.97. The molecule has 0 unspecified atom stereocenters. The number of halogens is 1. The van der Waals surface area contributed by atoms with E-state index in [0.29, 0.717) is 13.1 Å². The molecule has 0 amide bonds. The molecule has 5 nitrogen and oxygen atoms in total. The Morgan fingerprint density at radius 3 is 2.68 bits per heavy atom. The highest BCUT2D eigenvalue weighted by atomic mass is 127. The molecule has 0 saturated carbocycles. The van der Waals surface area contributed by atoms with Gasteiger partial charge in [-0.15, -0.1) is 35.3 Å². The molecule has 22 heavy (non-hydrogen) atoms. The van der Waals surface area contributed by atoms with E-state index in [9.17, 15) is 0 Å². The SMILES string of the molecule is CCc1cnc(CNC(=NC)NCc2ncccc2C)s1.I. The number of aromatic nitrogens is 2. The zero-order chi connectivity index (χ0) is 15.1. The second kappa shape index (κ2) is 9.73. The number of guanidine groups is 1. The molecule has 2 rings (SSSR count). The first kappa shape index (κ1) is 18.8. The molecule has 2 heterocycles. The van der Waals surface area contributed by atoms with Gasteiger partial charge in [-0.1, -0.05) is 13.0 Å². The third kappa shape index (κ3) is 5.53. The van der Waals surface area contributed by atoms with Gasteiger partial charge in [0.1, 0.15) is 5.01 Å². The molecule has 0 aliphatic heterocycles. The molecule has 0 bridgehead atoms. The van der Waals surface area contributed by atoms with E-state index in [1.165, 1.54) is 10.4 Å². The second-order valence-corrected chi connectivity index (χ2v) is 5.82. The summed E-state index contributed by atoms with van der Waals surface area (Å²) in [6.07, 6.45) is 4.78. The van der Waals surface area contributed by atoms with Crippen LogP contribution in [0.3, 0.4) is 0 Å². The van der Waals surface area contributed by atoms with Crippen LogP contribution in [0.1, 0.15) is 28.1 Å². The van der Waals surface area contributed by atoms with Crippen LogP contribution < -0.4 is 10.6 Å². The van der Waals surface area contributed by atoms with Gasteiger partial charge in [-0.3, -0.25) is 9.98 Å². The predicted molar refractivity (Wildman–Crippen MR) is 103 cm³/mol. The molecular formula is C15H22IN5S. The smallest absolute Gasteiger partial charge is 0.191 e. The predicted octanol–water partition coefficient (Wildman–Crippen LogP) is 2.89. The van der Waals surface area contributed by atoms with Crippen molar-refractivity contribution in [1.82, 2.24) is 20.6 Å². The average molecular weight is 431 g/mol. The lowest BCUT2D eigenvalue weighted by Crippen LogP contribution is -2.36. The molecular weight excluding hydrogens is 409 g/mol. The monoisotopic (exact) mass is 431 g/mol. The number of hydrogen-bond donors (Lipinski definition) is 2. The van der Waals surface area contributed by atoms with Crippen molar-refractivity contribution in [2.75, 3.05) is 7.05 Å². The number of pyridine rings is 1. The van der Waals surface area contributed by atoms with Gasteiger partial charge in [-0.25, -0.2) is 4.98 Å². The number of aliphatic imine (C=N–C) groups is 1. The largest absolute Gasteiger partial charge is 0.351 e. The Morgan fingerprint density at radius 1 is 1.27 bits per heavy atom. The highest BCUT2D eigenvalue weighted by Gasteiger charge is 2.04. The summed E-state index contributed by atoms with van der Waals surface area (Å²) in [5.74, 6) is 0.758. The van der Waals surface area contributed by atoms with Gasteiger partial charge in [0.15, 0.2) is 5.96 Å². The second-order valence-electron chi connectivity index (χ2n) is 4.62. The van der Waals surface area contributed by atoms with Crippen molar-refractivity contribution in [3.05, 3.63) is 45.7 Å². The van der Waals surface area contributed by atoms with Crippen molar-refractivity contribution in [3.8, 4) is 0 Å². The Labute approximate surface area is 152 Å². The van der Waals surface area contributed by atoms with Crippen LogP contribution in [0.15, 0.2) is 29.5 Å². The van der Waals surface area contributed by atoms with E-state index in [4.69, 9.17) is 0 Å². The van der Waals surface area contributed by atoms with Crippen molar-refractivity contribution in [2.24, 2.45) is 4.99 Å². The molecule has 0 aromatic carbocycles. The minimum Gasteiger partial charge on any atom is -0.351 e. The van der Waals surface area contributed by atoms with Gasteiger partial charge in [0.05, 0.1) is 18.8 Å². The topological polar surface area (TPSA) is 62.2 Å². The summed E-state index contributed by atoms with van der Waals surface area (Å²) in [5.41, 5.74) is 2.20. The summed E-state index contributed by atoms with van der Waals surface area (Å²) in [6, 6.07) is 4.00. The first-order valence-electron chi connectivity index (χ1n) is 7.01. The van der Waals surface area contributed by atoms with Crippen molar-refractivity contribution in [3.63, 3.8) is 0 Å². The molecule has 0 fully saturated rings. The van der Waals surface area contributed by atoms with Crippen molar-refractivity contribution in [1.29, 1.82) is 0 Å². The van der Waals surface area contributed by atoms with E-state index >= 15 is 0 Å². The molecule has 0 aliphatic rings. The normalized spacial score (nSPS) is 11.0. The minimum absolute atomic E-state index is 0. The van der Waals surface area contributed by atoms with Crippen LogP contribution in [0.4, 0.5) is 0 Å². The molecule has 0 aliphatic carbocycles. The van der Waals surface area contributed by atoms with E-state index in [2.05, 4.69) is 45.5 Å². The fourth-order valence-electron chi connectivity index (χ4n) is 1.84. The Balaban J connectivity index is 0.00000242. The van der Waals surface area contributed by atoms with E-state index in [1.807, 2.05) is 18.5 Å². The minimum atomic E-state index is 0. The molecule has 2 aromatic rings. The van der Waals surface area contributed by atoms with Crippen LogP contribution in [0.25, 0.3) is 0 Å². The lowest BCUT2D eigenvalue weighted by Gasteiger charge is -2.11. The quantitative estimate of drug-likeness (QED) is 0.434. The molecule has 120 valence electrons. The standard InChI is InChI=1S/C15H21N5S.HI/c1-4-12-8-18-14(21-12)10-20-15(16-3)19-9-13-11(2)6-5-7-17-13;/h5-8H,4,9-10H2,1-3H3,(H2,16,19,20);1H. The number of nitrogens with zero attached hydrogens (tertiary/aromatic N) is 3. The summed E-state index contributed by atoms with van der Waals surface area (Å²) in [5, 5.41) is 7.62. The van der Waals surface area contributed by atoms with E-state index in [1.54, 1.807) is 18.4 Å². The highest BCUT2D eigenvalue weighted by Crippen LogP contribution is 2.12. The Hall–Kier alpha value is -1.22. The van der Waals surface area contributed by atoms with Gasteiger partial charge < -0.3 is 10.6 Å². The van der Waals surface area contributed by atoms with E-state index < -0.39 is 0 Å². The maximum atomic E-state index is 4.39. The van der Waals surface area contributed by atoms with E-state index in [0.717, 1.165) is 23.1 Å². The maximum absolute atomic E-state index is 4.39. The summed E-state index contributed by atoms with van der Waals surface area (Å²) in [7, 11) is 1.76. The number of hydrogen-bond acceptors (Lipinski definition) is 4. The first-order chi connectivity index (χ1) is 10.2. The van der Waals surface area contributed by atoms with Crippen LogP contribution in [0, 0.1) is 6.92 Å². The zero-order valence-corrected chi connectivity index (χ0v) is 16.2. The van der Waals surface area contributed by atoms with Gasteiger partial charge in [-0.2, -0.15) is 0 Å². The molecule has 0 radical (unpaired) electrons. The van der Waals surface area contributed by atoms with Crippen LogP contribution in [-0.4, -0.2) is 23.0 Å². The van der Waals surface area contributed by atoms with Crippen molar-refractivity contribution in [2.45, 2.75) is 33.4 Å². The fraction of sp³-hybridized carbons (Fsp3) is 0.400. The Bertz CT molecular complexity index is 611. The third-order valence-electron chi connectivity index (χ3n) is 3.12. The molecule has 0 saturated heterocycles. The Kier molecular flexibility index (Phi) is 8.32. The number of nitrogens with one attached hydrogen (secondary N) is 2. The maximum Gasteiger partial charge on any atom is 0.191 e. The summed E-state index contributed by atoms with van der Waals surface area (Å²) >= 11 is 1.73. The third-order valence-corrected chi connectivity index (χ3v) is 4.26. The Morgan fingerprint density at radius 2 is 2.05 bits per heavy atom. The van der Waals surface area contributed by atoms with Crippen LogP contribution in [0.2, 0.25) is 0 Å². The summed E-state index contributed by atoms with van der Waals surface area (Å²) in [4.78, 5) is 14.3. The van der Waals surface area contributed by atoms with Gasteiger partial charge in [0.2, 0.25) is 0 Å². The van der Waals surface area contributed by atoms with Gasteiger partial charge in [0, 0.05) is 24.3 Å². The van der Waals surface area contributed by atoms with Crippen molar-refractivity contribution < 1.29 is 0 Å². The molecule has 0 atom stereocenters. The summed E-state index contributed by atoms with van der Waals surface area (Å²) in [6.45, 7) is 5.54. The number of rotatable bonds is 5. The van der Waals surface area contributed by atoms with Gasteiger partial charge >= 0.3 is 0 Å². The molecule has 2 aromatic heterocycles. The first-order valence-corrected chi connectivity index (χ1v) is 7.83. The number of aryl methyl sites for hydroxylation is 2. The van der Waals surface area contributed by atoms with Gasteiger partial charge in [-0.05, 0) is 25.0 Å². The highest BCUT2D eigenvalue weighted by molar-refractivity contribution is 14.0. The van der Waals surface area contributed by atoms with Crippen LogP contribution >= 0.6 is 35.3 Å². The zero-order valence-electron chi connectivity index (χ0n) is 13.1. The lowest BCUT2D eigenvalue weighted by atomic mass is 10.2. The van der Waals surface area contributed by atoms with Crippen LogP contribution in [-0.2, 0) is 19.5 Å². The number of thiazole rings is 1. The molecule has 2 N–H and O–H groups in total. The van der Waals surface area contributed by atoms with Crippen molar-refractivity contribution >= 4 is 41.3 Å². The molecule has 0 spiro atoms. The van der Waals surface area contributed by atoms with Gasteiger partial charge in [0.25, 0.3) is 0 Å².